The van der Waals surface area contributed by atoms with E-state index in [0.717, 1.165) is 0 Å². The molecule has 0 aliphatic heterocycles. The zero-order valence-corrected chi connectivity index (χ0v) is 11.4. The summed E-state index contributed by atoms with van der Waals surface area (Å²) in [6.07, 6.45) is 0. The molecule has 0 saturated heterocycles. The van der Waals surface area contributed by atoms with Gasteiger partial charge in [-0.05, 0) is 24.1 Å². The van der Waals surface area contributed by atoms with E-state index in [-0.39, 0.29) is 11.5 Å². The van der Waals surface area contributed by atoms with Crippen molar-refractivity contribution in [3.63, 3.8) is 0 Å². The average molecular weight is 291 g/mol. The van der Waals surface area contributed by atoms with Gasteiger partial charge in [0.2, 0.25) is 0 Å². The van der Waals surface area contributed by atoms with Gasteiger partial charge in [-0.25, -0.2) is 19.4 Å². The molecule has 0 aliphatic carbocycles. The summed E-state index contributed by atoms with van der Waals surface area (Å²) in [6.45, 7) is 3.50. The minimum Gasteiger partial charge on any atom is -0.246 e. The van der Waals surface area contributed by atoms with Crippen LogP contribution in [-0.4, -0.2) is 17.3 Å². The predicted octanol–water partition coefficient (Wildman–Crippen LogP) is 3.22. The van der Waals surface area contributed by atoms with Gasteiger partial charge in [-0.15, -0.1) is 11.6 Å². The smallest absolute Gasteiger partial charge is 0.246 e. The van der Waals surface area contributed by atoms with Gasteiger partial charge in [-0.2, -0.15) is 0 Å². The van der Waals surface area contributed by atoms with E-state index in [4.69, 9.17) is 23.2 Å². The highest BCUT2D eigenvalue weighted by Crippen LogP contribution is 2.14. The van der Waals surface area contributed by atoms with Crippen LogP contribution in [-0.2, 0) is 14.6 Å². The Hall–Kier alpha value is -1.26. The van der Waals surface area contributed by atoms with Gasteiger partial charge >= 0.3 is 11.9 Å². The van der Waals surface area contributed by atoms with Crippen molar-refractivity contribution in [3.8, 4) is 0 Å². The Morgan fingerprint density at radius 1 is 1.22 bits per heavy atom. The Morgan fingerprint density at radius 3 is 2.44 bits per heavy atom. The summed E-state index contributed by atoms with van der Waals surface area (Å²) in [5.74, 6) is -1.73. The monoisotopic (exact) mass is 290 g/mol. The number of hydrogen-bond acceptors (Lipinski definition) is 4. The first-order valence-electron chi connectivity index (χ1n) is 5.24. The largest absolute Gasteiger partial charge is 0.386 e. The zero-order valence-electron chi connectivity index (χ0n) is 9.85. The minimum atomic E-state index is -0.864. The predicted molar refractivity (Wildman–Crippen MR) is 67.4 cm³/mol. The molecule has 0 bridgehead atoms. The third kappa shape index (κ3) is 4.20. The first kappa shape index (κ1) is 14.8. The first-order valence-corrected chi connectivity index (χ1v) is 6.05. The number of hydrogen-bond donors (Lipinski definition) is 0. The standard InChI is InChI=1S/C12H12Cl2O4/c1-7(2)10(14)12(16)18-17-11(15)8-4-3-5-9(13)6-8/h3-7,10H,1-2H3. The van der Waals surface area contributed by atoms with Gasteiger partial charge in [0.05, 0.1) is 5.56 Å². The third-order valence-electron chi connectivity index (χ3n) is 2.07. The number of rotatable bonds is 3. The second kappa shape index (κ2) is 6.61. The Bertz CT molecular complexity index is 445. The van der Waals surface area contributed by atoms with Crippen LogP contribution in [0.15, 0.2) is 24.3 Å². The van der Waals surface area contributed by atoms with Gasteiger partial charge in [0.15, 0.2) is 0 Å². The molecule has 0 saturated carbocycles. The van der Waals surface area contributed by atoms with Crippen LogP contribution in [0.4, 0.5) is 0 Å². The zero-order chi connectivity index (χ0) is 13.7. The van der Waals surface area contributed by atoms with Gasteiger partial charge in [-0.1, -0.05) is 31.5 Å². The average Bonchev–Trinajstić information content (AvgIpc) is 2.34. The summed E-state index contributed by atoms with van der Waals surface area (Å²) in [5, 5.41) is -0.481. The van der Waals surface area contributed by atoms with Gasteiger partial charge in [-0.3, -0.25) is 0 Å². The lowest BCUT2D eigenvalue weighted by Gasteiger charge is -2.10. The molecule has 1 aromatic rings. The molecule has 0 fully saturated rings. The molecular formula is C12H12Cl2O4. The maximum atomic E-state index is 11.5. The van der Waals surface area contributed by atoms with Gasteiger partial charge in [0, 0.05) is 5.02 Å². The molecule has 98 valence electrons. The molecule has 1 atom stereocenters. The van der Waals surface area contributed by atoms with Crippen LogP contribution in [0.1, 0.15) is 24.2 Å². The van der Waals surface area contributed by atoms with E-state index in [2.05, 4.69) is 9.78 Å². The summed E-state index contributed by atoms with van der Waals surface area (Å²) in [5.41, 5.74) is 0.186. The van der Waals surface area contributed by atoms with E-state index >= 15 is 0 Å². The van der Waals surface area contributed by atoms with E-state index < -0.39 is 17.3 Å². The van der Waals surface area contributed by atoms with Crippen LogP contribution in [0.3, 0.4) is 0 Å². The minimum absolute atomic E-state index is 0.121. The fourth-order valence-corrected chi connectivity index (χ4v) is 1.29. The fourth-order valence-electron chi connectivity index (χ4n) is 1.06. The second-order valence-electron chi connectivity index (χ2n) is 3.93. The van der Waals surface area contributed by atoms with Gasteiger partial charge in [0.1, 0.15) is 5.38 Å². The van der Waals surface area contributed by atoms with Crippen molar-refractivity contribution in [1.82, 2.24) is 0 Å². The van der Waals surface area contributed by atoms with Crippen LogP contribution in [0.5, 0.6) is 0 Å². The molecule has 0 heterocycles. The van der Waals surface area contributed by atoms with Gasteiger partial charge in [0.25, 0.3) is 0 Å². The molecule has 4 nitrogen and oxygen atoms in total. The maximum absolute atomic E-state index is 11.5. The lowest BCUT2D eigenvalue weighted by molar-refractivity contribution is -0.234. The summed E-state index contributed by atoms with van der Waals surface area (Å²) in [4.78, 5) is 31.6. The van der Waals surface area contributed by atoms with Crippen LogP contribution in [0, 0.1) is 5.92 Å². The van der Waals surface area contributed by atoms with Crippen molar-refractivity contribution >= 4 is 35.1 Å². The highest BCUT2D eigenvalue weighted by Gasteiger charge is 2.23. The van der Waals surface area contributed by atoms with E-state index in [9.17, 15) is 9.59 Å². The molecule has 0 aromatic heterocycles. The molecule has 1 rings (SSSR count). The van der Waals surface area contributed by atoms with Crippen LogP contribution in [0.25, 0.3) is 0 Å². The molecular weight excluding hydrogens is 279 g/mol. The number of halogens is 2. The van der Waals surface area contributed by atoms with Crippen molar-refractivity contribution in [2.75, 3.05) is 0 Å². The SMILES string of the molecule is CC(C)C(Cl)C(=O)OOC(=O)c1cccc(Cl)c1. The maximum Gasteiger partial charge on any atom is 0.386 e. The van der Waals surface area contributed by atoms with E-state index in [1.807, 2.05) is 0 Å². The van der Waals surface area contributed by atoms with Crippen LogP contribution in [0.2, 0.25) is 5.02 Å². The van der Waals surface area contributed by atoms with Crippen molar-refractivity contribution in [2.24, 2.45) is 5.92 Å². The third-order valence-corrected chi connectivity index (χ3v) is 2.99. The van der Waals surface area contributed by atoms with Crippen molar-refractivity contribution in [2.45, 2.75) is 19.2 Å². The van der Waals surface area contributed by atoms with Crippen molar-refractivity contribution < 1.29 is 19.4 Å². The molecule has 0 spiro atoms. The quantitative estimate of drug-likeness (QED) is 0.487. The first-order chi connectivity index (χ1) is 8.41. The Balaban J connectivity index is 2.54. The van der Waals surface area contributed by atoms with Crippen molar-refractivity contribution in [3.05, 3.63) is 34.9 Å². The van der Waals surface area contributed by atoms with Gasteiger partial charge < -0.3 is 0 Å². The molecule has 0 N–H and O–H groups in total. The molecule has 1 aromatic carbocycles. The molecule has 1 unspecified atom stereocenters. The number of carbonyl (C=O) groups is 2. The van der Waals surface area contributed by atoms with Crippen molar-refractivity contribution in [1.29, 1.82) is 0 Å². The number of alkyl halides is 1. The topological polar surface area (TPSA) is 52.6 Å². The van der Waals surface area contributed by atoms with Crippen LogP contribution >= 0.6 is 23.2 Å². The lowest BCUT2D eigenvalue weighted by Crippen LogP contribution is -2.24. The van der Waals surface area contributed by atoms with E-state index in [1.54, 1.807) is 26.0 Å². The normalized spacial score (nSPS) is 12.1. The van der Waals surface area contributed by atoms with E-state index in [1.165, 1.54) is 12.1 Å². The van der Waals surface area contributed by atoms with E-state index in [0.29, 0.717) is 5.02 Å². The summed E-state index contributed by atoms with van der Waals surface area (Å²) >= 11 is 11.4. The number of benzene rings is 1. The highest BCUT2D eigenvalue weighted by atomic mass is 35.5. The molecule has 6 heteroatoms. The molecule has 0 amide bonds. The second-order valence-corrected chi connectivity index (χ2v) is 4.84. The molecule has 0 aliphatic rings. The fraction of sp³-hybridized carbons (Fsp3) is 0.333. The summed E-state index contributed by atoms with van der Waals surface area (Å²) in [6, 6.07) is 6.08. The van der Waals surface area contributed by atoms with Crippen LogP contribution < -0.4 is 0 Å². The highest BCUT2D eigenvalue weighted by molar-refractivity contribution is 6.31. The molecule has 18 heavy (non-hydrogen) atoms. The Kier molecular flexibility index (Phi) is 5.44. The summed E-state index contributed by atoms with van der Waals surface area (Å²) in [7, 11) is 0. The lowest BCUT2D eigenvalue weighted by atomic mass is 10.1. The Labute approximate surface area is 115 Å². The summed E-state index contributed by atoms with van der Waals surface area (Å²) < 4.78 is 0. The molecule has 0 radical (unpaired) electrons. The Morgan fingerprint density at radius 2 is 1.89 bits per heavy atom. The number of carbonyl (C=O) groups excluding carboxylic acids is 2.